The Morgan fingerprint density at radius 1 is 0.773 bits per heavy atom. The van der Waals surface area contributed by atoms with Crippen molar-refractivity contribution in [3.05, 3.63) is 83.3 Å². The Morgan fingerprint density at radius 2 is 1.36 bits per heavy atom. The first kappa shape index (κ1) is 14.0. The van der Waals surface area contributed by atoms with Crippen LogP contribution in [0.2, 0.25) is 0 Å². The Bertz CT molecular complexity index is 783. The lowest BCUT2D eigenvalue weighted by atomic mass is 9.91. The second-order valence-corrected chi connectivity index (χ2v) is 5.02. The highest BCUT2D eigenvalue weighted by Crippen LogP contribution is 2.40. The third-order valence-corrected chi connectivity index (χ3v) is 3.64. The third kappa shape index (κ3) is 2.61. The van der Waals surface area contributed by atoms with Gasteiger partial charge in [0.2, 0.25) is 0 Å². The smallest absolute Gasteiger partial charge is 0.129 e. The van der Waals surface area contributed by atoms with Gasteiger partial charge < -0.3 is 5.11 Å². The number of nitroso groups, excluding NO2 is 1. The highest BCUT2D eigenvalue weighted by molar-refractivity contribution is 5.88. The van der Waals surface area contributed by atoms with Crippen LogP contribution in [0.3, 0.4) is 0 Å². The van der Waals surface area contributed by atoms with Crippen LogP contribution in [0.15, 0.2) is 78.0 Å². The number of aromatic hydroxyl groups is 1. The second kappa shape index (κ2) is 6.22. The summed E-state index contributed by atoms with van der Waals surface area (Å²) < 4.78 is 0. The van der Waals surface area contributed by atoms with Gasteiger partial charge in [-0.1, -0.05) is 78.0 Å². The molecule has 3 heteroatoms. The molecule has 0 amide bonds. The van der Waals surface area contributed by atoms with E-state index in [9.17, 15) is 10.0 Å². The van der Waals surface area contributed by atoms with Gasteiger partial charge in [-0.25, -0.2) is 0 Å². The maximum absolute atomic E-state index is 10.6. The summed E-state index contributed by atoms with van der Waals surface area (Å²) in [5.41, 5.74) is 4.12. The number of hydrogen-bond acceptors (Lipinski definition) is 3. The molecule has 0 fully saturated rings. The second-order valence-electron chi connectivity index (χ2n) is 5.02. The van der Waals surface area contributed by atoms with Crippen molar-refractivity contribution >= 4 is 0 Å². The fourth-order valence-electron chi connectivity index (χ4n) is 2.59. The van der Waals surface area contributed by atoms with Crippen LogP contribution in [0.1, 0.15) is 5.56 Å². The van der Waals surface area contributed by atoms with E-state index in [0.717, 1.165) is 22.3 Å². The van der Waals surface area contributed by atoms with E-state index in [0.29, 0.717) is 5.56 Å². The minimum atomic E-state index is -0.0409. The van der Waals surface area contributed by atoms with Gasteiger partial charge in [-0.3, -0.25) is 0 Å². The van der Waals surface area contributed by atoms with Crippen LogP contribution in [0.4, 0.5) is 0 Å². The van der Waals surface area contributed by atoms with Crippen molar-refractivity contribution in [2.45, 2.75) is 6.54 Å². The Morgan fingerprint density at radius 3 is 1.95 bits per heavy atom. The molecule has 0 aliphatic rings. The summed E-state index contributed by atoms with van der Waals surface area (Å²) in [7, 11) is 0. The lowest BCUT2D eigenvalue weighted by molar-refractivity contribution is 0.470. The topological polar surface area (TPSA) is 49.7 Å². The molecule has 0 spiro atoms. The van der Waals surface area contributed by atoms with Gasteiger partial charge in [-0.15, -0.1) is 0 Å². The molecule has 0 bridgehead atoms. The molecule has 3 aromatic rings. The van der Waals surface area contributed by atoms with E-state index in [1.807, 2.05) is 66.7 Å². The highest BCUT2D eigenvalue weighted by atomic mass is 16.3. The summed E-state index contributed by atoms with van der Waals surface area (Å²) in [4.78, 5) is 10.6. The zero-order valence-corrected chi connectivity index (χ0v) is 11.9. The Balaban J connectivity index is 2.27. The van der Waals surface area contributed by atoms with Crippen LogP contribution >= 0.6 is 0 Å². The van der Waals surface area contributed by atoms with E-state index in [1.54, 1.807) is 6.07 Å². The maximum atomic E-state index is 10.6. The van der Waals surface area contributed by atoms with Crippen LogP contribution in [-0.2, 0) is 6.54 Å². The minimum absolute atomic E-state index is 0.0409. The number of nitrogens with zero attached hydrogens (tertiary/aromatic N) is 1. The Kier molecular flexibility index (Phi) is 3.97. The summed E-state index contributed by atoms with van der Waals surface area (Å²) in [5.74, 6) is 0.118. The third-order valence-electron chi connectivity index (χ3n) is 3.64. The monoisotopic (exact) mass is 289 g/mol. The van der Waals surface area contributed by atoms with E-state index in [-0.39, 0.29) is 12.3 Å². The number of benzene rings is 3. The van der Waals surface area contributed by atoms with Gasteiger partial charge in [0.05, 0.1) is 0 Å². The predicted molar refractivity (Wildman–Crippen MR) is 88.5 cm³/mol. The highest BCUT2D eigenvalue weighted by Gasteiger charge is 2.15. The lowest BCUT2D eigenvalue weighted by Crippen LogP contribution is -1.91. The molecule has 3 nitrogen and oxygen atoms in total. The van der Waals surface area contributed by atoms with Crippen molar-refractivity contribution in [2.24, 2.45) is 5.18 Å². The fourth-order valence-corrected chi connectivity index (χ4v) is 2.59. The SMILES string of the molecule is O=NCc1ccc(-c2ccccc2)c(-c2ccccc2)c1O. The quantitative estimate of drug-likeness (QED) is 0.688. The molecule has 1 N–H and O–H groups in total. The van der Waals surface area contributed by atoms with Crippen molar-refractivity contribution in [1.29, 1.82) is 0 Å². The van der Waals surface area contributed by atoms with E-state index >= 15 is 0 Å². The largest absolute Gasteiger partial charge is 0.507 e. The van der Waals surface area contributed by atoms with Gasteiger partial charge in [0, 0.05) is 11.1 Å². The molecular formula is C19H15NO2. The number of phenolic OH excluding ortho intramolecular Hbond substituents is 1. The van der Waals surface area contributed by atoms with Gasteiger partial charge >= 0.3 is 0 Å². The molecule has 0 heterocycles. The average Bonchev–Trinajstić information content (AvgIpc) is 2.58. The molecule has 108 valence electrons. The first-order valence-electron chi connectivity index (χ1n) is 7.06. The molecule has 0 aliphatic heterocycles. The normalized spacial score (nSPS) is 10.4. The standard InChI is InChI=1S/C19H15NO2/c21-19-16(13-20-22)11-12-17(14-7-3-1-4-8-14)18(19)15-9-5-2-6-10-15/h1-12,21H,13H2. The summed E-state index contributed by atoms with van der Waals surface area (Å²) in [6.45, 7) is -0.0409. The van der Waals surface area contributed by atoms with Crippen LogP contribution in [0.5, 0.6) is 5.75 Å². The summed E-state index contributed by atoms with van der Waals surface area (Å²) in [6, 6.07) is 23.2. The average molecular weight is 289 g/mol. The van der Waals surface area contributed by atoms with E-state index in [4.69, 9.17) is 0 Å². The van der Waals surface area contributed by atoms with Gasteiger partial charge in [-0.05, 0) is 16.7 Å². The predicted octanol–water partition coefficient (Wildman–Crippen LogP) is 4.99. The molecule has 3 aromatic carbocycles. The Hall–Kier alpha value is -2.94. The van der Waals surface area contributed by atoms with E-state index in [1.165, 1.54) is 0 Å². The lowest BCUT2D eigenvalue weighted by Gasteiger charge is -2.14. The molecule has 0 aliphatic carbocycles. The molecule has 0 unspecified atom stereocenters. The van der Waals surface area contributed by atoms with Gasteiger partial charge in [0.25, 0.3) is 0 Å². The van der Waals surface area contributed by atoms with Crippen LogP contribution in [0.25, 0.3) is 22.3 Å². The summed E-state index contributed by atoms with van der Waals surface area (Å²) in [6.07, 6.45) is 0. The fraction of sp³-hybridized carbons (Fsp3) is 0.0526. The van der Waals surface area contributed by atoms with Crippen molar-refractivity contribution in [2.75, 3.05) is 0 Å². The molecule has 0 radical (unpaired) electrons. The zero-order valence-electron chi connectivity index (χ0n) is 11.9. The van der Waals surface area contributed by atoms with Crippen molar-refractivity contribution in [3.8, 4) is 28.0 Å². The van der Waals surface area contributed by atoms with Crippen molar-refractivity contribution in [1.82, 2.24) is 0 Å². The molecule has 0 saturated heterocycles. The molecule has 22 heavy (non-hydrogen) atoms. The molecular weight excluding hydrogens is 274 g/mol. The minimum Gasteiger partial charge on any atom is -0.507 e. The molecule has 0 atom stereocenters. The molecule has 0 aromatic heterocycles. The summed E-state index contributed by atoms with van der Waals surface area (Å²) >= 11 is 0. The molecule has 3 rings (SSSR count). The molecule has 0 saturated carbocycles. The first-order chi connectivity index (χ1) is 10.8. The summed E-state index contributed by atoms with van der Waals surface area (Å²) in [5, 5.41) is 13.5. The van der Waals surface area contributed by atoms with E-state index < -0.39 is 0 Å². The maximum Gasteiger partial charge on any atom is 0.129 e. The van der Waals surface area contributed by atoms with Crippen molar-refractivity contribution in [3.63, 3.8) is 0 Å². The van der Waals surface area contributed by atoms with Crippen molar-refractivity contribution < 1.29 is 5.11 Å². The zero-order chi connectivity index (χ0) is 15.4. The first-order valence-corrected chi connectivity index (χ1v) is 7.06. The van der Waals surface area contributed by atoms with Crippen LogP contribution in [-0.4, -0.2) is 5.11 Å². The van der Waals surface area contributed by atoms with Gasteiger partial charge in [0.1, 0.15) is 12.3 Å². The van der Waals surface area contributed by atoms with Gasteiger partial charge in [-0.2, -0.15) is 4.91 Å². The Labute approximate surface area is 128 Å². The van der Waals surface area contributed by atoms with Crippen LogP contribution in [0, 0.1) is 4.91 Å². The number of hydrogen-bond donors (Lipinski definition) is 1. The number of phenols is 1. The van der Waals surface area contributed by atoms with Gasteiger partial charge in [0.15, 0.2) is 0 Å². The van der Waals surface area contributed by atoms with E-state index in [2.05, 4.69) is 5.18 Å². The number of rotatable bonds is 4. The van der Waals surface area contributed by atoms with Crippen LogP contribution < -0.4 is 0 Å².